The summed E-state index contributed by atoms with van der Waals surface area (Å²) in [5.74, 6) is -0.332. The van der Waals surface area contributed by atoms with Crippen molar-refractivity contribution in [3.8, 4) is 0 Å². The van der Waals surface area contributed by atoms with Gasteiger partial charge in [-0.15, -0.1) is 0 Å². The Morgan fingerprint density at radius 3 is 2.22 bits per heavy atom. The third-order valence-electron chi connectivity index (χ3n) is 3.41. The summed E-state index contributed by atoms with van der Waals surface area (Å²) in [5.41, 5.74) is 1.55. The fraction of sp³-hybridized carbons (Fsp3) is 0.235. The van der Waals surface area contributed by atoms with Gasteiger partial charge >= 0.3 is 5.97 Å². The molecule has 0 bridgehead atoms. The van der Waals surface area contributed by atoms with Crippen LogP contribution in [0.25, 0.3) is 0 Å². The zero-order valence-corrected chi connectivity index (χ0v) is 14.1. The van der Waals surface area contributed by atoms with E-state index in [1.165, 1.54) is 19.2 Å². The summed E-state index contributed by atoms with van der Waals surface area (Å²) in [6.07, 6.45) is 0. The zero-order valence-electron chi connectivity index (χ0n) is 13.2. The number of carbonyl (C=O) groups excluding carboxylic acids is 1. The molecule has 0 fully saturated rings. The minimum Gasteiger partial charge on any atom is -0.465 e. The highest BCUT2D eigenvalue weighted by atomic mass is 32.2. The van der Waals surface area contributed by atoms with Crippen LogP contribution in [0.2, 0.25) is 0 Å². The van der Waals surface area contributed by atoms with Gasteiger partial charge in [0.05, 0.1) is 12.7 Å². The number of benzene rings is 2. The largest absolute Gasteiger partial charge is 0.465 e. The van der Waals surface area contributed by atoms with Gasteiger partial charge in [0.15, 0.2) is 0 Å². The van der Waals surface area contributed by atoms with E-state index in [0.717, 1.165) is 5.56 Å². The van der Waals surface area contributed by atoms with E-state index in [9.17, 15) is 13.2 Å². The van der Waals surface area contributed by atoms with Crippen molar-refractivity contribution >= 4 is 21.7 Å². The molecule has 1 N–H and O–H groups in total. The maximum atomic E-state index is 12.5. The summed E-state index contributed by atoms with van der Waals surface area (Å²) in [5, 5.41) is 0. The van der Waals surface area contributed by atoms with E-state index in [2.05, 4.69) is 23.3 Å². The molecule has 0 radical (unpaired) electrons. The average Bonchev–Trinajstić information content (AvgIpc) is 2.54. The SMILES string of the molecule is COC(=O)c1ccccc1S(=O)(=O)Nc1ccc(C(C)C)cc1. The van der Waals surface area contributed by atoms with Gasteiger partial charge in [-0.2, -0.15) is 0 Å². The van der Waals surface area contributed by atoms with Gasteiger partial charge in [0.25, 0.3) is 10.0 Å². The third kappa shape index (κ3) is 3.90. The summed E-state index contributed by atoms with van der Waals surface area (Å²) in [6, 6.07) is 13.1. The van der Waals surface area contributed by atoms with Gasteiger partial charge in [-0.25, -0.2) is 13.2 Å². The van der Waals surface area contributed by atoms with Crippen molar-refractivity contribution in [3.63, 3.8) is 0 Å². The molecule has 0 aliphatic rings. The molecule has 5 nitrogen and oxygen atoms in total. The van der Waals surface area contributed by atoms with Gasteiger partial charge in [-0.05, 0) is 35.7 Å². The van der Waals surface area contributed by atoms with Crippen molar-refractivity contribution in [3.05, 3.63) is 59.7 Å². The molecule has 23 heavy (non-hydrogen) atoms. The van der Waals surface area contributed by atoms with Crippen molar-refractivity contribution in [2.24, 2.45) is 0 Å². The number of hydrogen-bond donors (Lipinski definition) is 1. The monoisotopic (exact) mass is 333 g/mol. The predicted octanol–water partition coefficient (Wildman–Crippen LogP) is 3.40. The minimum atomic E-state index is -3.88. The van der Waals surface area contributed by atoms with Gasteiger partial charge in [0.1, 0.15) is 4.90 Å². The van der Waals surface area contributed by atoms with E-state index in [0.29, 0.717) is 11.6 Å². The lowest BCUT2D eigenvalue weighted by Gasteiger charge is -2.12. The summed E-state index contributed by atoms with van der Waals surface area (Å²) in [4.78, 5) is 11.6. The molecule has 0 aromatic heterocycles. The summed E-state index contributed by atoms with van der Waals surface area (Å²) in [6.45, 7) is 4.12. The number of anilines is 1. The van der Waals surface area contributed by atoms with E-state index in [1.54, 1.807) is 24.3 Å². The number of carbonyl (C=O) groups is 1. The van der Waals surface area contributed by atoms with Crippen LogP contribution in [-0.2, 0) is 14.8 Å². The summed E-state index contributed by atoms with van der Waals surface area (Å²) < 4.78 is 32.2. The summed E-state index contributed by atoms with van der Waals surface area (Å²) >= 11 is 0. The van der Waals surface area contributed by atoms with Crippen LogP contribution in [-0.4, -0.2) is 21.5 Å². The molecule has 2 aromatic rings. The van der Waals surface area contributed by atoms with Gasteiger partial charge in [-0.1, -0.05) is 38.1 Å². The van der Waals surface area contributed by atoms with Crippen molar-refractivity contribution in [1.29, 1.82) is 0 Å². The lowest BCUT2D eigenvalue weighted by molar-refractivity contribution is 0.0596. The normalized spacial score (nSPS) is 11.3. The molecule has 2 rings (SSSR count). The van der Waals surface area contributed by atoms with Crippen molar-refractivity contribution < 1.29 is 17.9 Å². The topological polar surface area (TPSA) is 72.5 Å². The van der Waals surface area contributed by atoms with Crippen LogP contribution in [0.1, 0.15) is 35.7 Å². The van der Waals surface area contributed by atoms with Crippen LogP contribution in [0, 0.1) is 0 Å². The number of rotatable bonds is 5. The first kappa shape index (κ1) is 17.0. The quantitative estimate of drug-likeness (QED) is 0.851. The fourth-order valence-electron chi connectivity index (χ4n) is 2.13. The molecule has 0 saturated heterocycles. The Labute approximate surface area is 136 Å². The van der Waals surface area contributed by atoms with Gasteiger partial charge in [0.2, 0.25) is 0 Å². The molecule has 0 aliphatic heterocycles. The molecular weight excluding hydrogens is 314 g/mol. The maximum Gasteiger partial charge on any atom is 0.339 e. The van der Waals surface area contributed by atoms with Gasteiger partial charge < -0.3 is 4.74 Å². The Bertz CT molecular complexity index is 796. The van der Waals surface area contributed by atoms with Crippen LogP contribution in [0.3, 0.4) is 0 Å². The van der Waals surface area contributed by atoms with Crippen molar-refractivity contribution in [1.82, 2.24) is 0 Å². The third-order valence-corrected chi connectivity index (χ3v) is 4.85. The first-order valence-electron chi connectivity index (χ1n) is 7.15. The highest BCUT2D eigenvalue weighted by molar-refractivity contribution is 7.92. The first-order valence-corrected chi connectivity index (χ1v) is 8.63. The number of esters is 1. The van der Waals surface area contributed by atoms with E-state index < -0.39 is 16.0 Å². The molecule has 0 unspecified atom stereocenters. The molecule has 6 heteroatoms. The molecule has 0 atom stereocenters. The Morgan fingerprint density at radius 1 is 1.04 bits per heavy atom. The second-order valence-electron chi connectivity index (χ2n) is 5.37. The van der Waals surface area contributed by atoms with E-state index >= 15 is 0 Å². The Kier molecular flexibility index (Phi) is 5.05. The highest BCUT2D eigenvalue weighted by Gasteiger charge is 2.22. The van der Waals surface area contributed by atoms with Crippen molar-refractivity contribution in [2.45, 2.75) is 24.7 Å². The Morgan fingerprint density at radius 2 is 1.65 bits per heavy atom. The molecule has 0 aliphatic carbocycles. The molecular formula is C17H19NO4S. The van der Waals surface area contributed by atoms with E-state index in [1.807, 2.05) is 12.1 Å². The second-order valence-corrected chi connectivity index (χ2v) is 7.02. The van der Waals surface area contributed by atoms with Crippen LogP contribution in [0.15, 0.2) is 53.4 Å². The average molecular weight is 333 g/mol. The smallest absolute Gasteiger partial charge is 0.339 e. The van der Waals surface area contributed by atoms with Crippen LogP contribution >= 0.6 is 0 Å². The Hall–Kier alpha value is -2.34. The molecule has 0 amide bonds. The second kappa shape index (κ2) is 6.83. The lowest BCUT2D eigenvalue weighted by Crippen LogP contribution is -2.17. The van der Waals surface area contributed by atoms with Gasteiger partial charge in [-0.3, -0.25) is 4.72 Å². The first-order chi connectivity index (χ1) is 10.8. The van der Waals surface area contributed by atoms with E-state index in [-0.39, 0.29) is 10.5 Å². The molecule has 0 saturated carbocycles. The number of nitrogens with one attached hydrogen (secondary N) is 1. The molecule has 0 spiro atoms. The molecule has 0 heterocycles. The van der Waals surface area contributed by atoms with E-state index in [4.69, 9.17) is 0 Å². The number of hydrogen-bond acceptors (Lipinski definition) is 4. The molecule has 2 aromatic carbocycles. The minimum absolute atomic E-state index is 0.00120. The number of sulfonamides is 1. The van der Waals surface area contributed by atoms with Crippen LogP contribution in [0.5, 0.6) is 0 Å². The zero-order chi connectivity index (χ0) is 17.0. The maximum absolute atomic E-state index is 12.5. The lowest BCUT2D eigenvalue weighted by atomic mass is 10.0. The van der Waals surface area contributed by atoms with Crippen molar-refractivity contribution in [2.75, 3.05) is 11.8 Å². The summed E-state index contributed by atoms with van der Waals surface area (Å²) in [7, 11) is -2.67. The fourth-order valence-corrected chi connectivity index (χ4v) is 3.38. The van der Waals surface area contributed by atoms with Crippen LogP contribution in [0.4, 0.5) is 5.69 Å². The highest BCUT2D eigenvalue weighted by Crippen LogP contribution is 2.22. The molecule has 122 valence electrons. The Balaban J connectivity index is 2.34. The number of methoxy groups -OCH3 is 1. The predicted molar refractivity (Wildman–Crippen MR) is 89.1 cm³/mol. The van der Waals surface area contributed by atoms with Gasteiger partial charge in [0, 0.05) is 5.69 Å². The standard InChI is InChI=1S/C17H19NO4S/c1-12(2)13-8-10-14(11-9-13)18-23(20,21)16-7-5-4-6-15(16)17(19)22-3/h4-12,18H,1-3H3. The van der Waals surface area contributed by atoms with Crippen LogP contribution < -0.4 is 4.72 Å². The number of ether oxygens (including phenoxy) is 1.